The minimum absolute atomic E-state index is 0.106. The lowest BCUT2D eigenvalue weighted by molar-refractivity contribution is -0.114. The van der Waals surface area contributed by atoms with Gasteiger partial charge in [-0.2, -0.15) is 0 Å². The molecule has 3 heterocycles. The molecule has 0 aromatic carbocycles. The van der Waals surface area contributed by atoms with Gasteiger partial charge in [0, 0.05) is 6.42 Å². The van der Waals surface area contributed by atoms with E-state index in [1.54, 1.807) is 6.07 Å². The molecule has 3 rings (SSSR count). The molecule has 1 fully saturated rings. The van der Waals surface area contributed by atoms with Crippen LogP contribution in [0.4, 0.5) is 16.4 Å². The van der Waals surface area contributed by atoms with Crippen molar-refractivity contribution >= 4 is 41.7 Å². The summed E-state index contributed by atoms with van der Waals surface area (Å²) in [6.07, 6.45) is 0.886. The van der Waals surface area contributed by atoms with Crippen molar-refractivity contribution in [3.63, 3.8) is 0 Å². The lowest BCUT2D eigenvalue weighted by atomic mass is 10.2. The van der Waals surface area contributed by atoms with E-state index in [0.717, 1.165) is 11.2 Å². The summed E-state index contributed by atoms with van der Waals surface area (Å²) in [6.45, 7) is 0.361. The fourth-order valence-electron chi connectivity index (χ4n) is 2.22. The average Bonchev–Trinajstić information content (AvgIpc) is 2.85. The number of ether oxygens (including phenoxy) is 1. The number of amides is 2. The van der Waals surface area contributed by atoms with E-state index in [-0.39, 0.29) is 12.0 Å². The number of pyridine rings is 1. The van der Waals surface area contributed by atoms with Gasteiger partial charge >= 0.3 is 6.09 Å². The Labute approximate surface area is 125 Å². The summed E-state index contributed by atoms with van der Waals surface area (Å²) < 4.78 is 5.19. The number of carbonyl (C=O) groups is 3. The van der Waals surface area contributed by atoms with E-state index in [1.165, 1.54) is 16.7 Å². The molecule has 0 aliphatic carbocycles. The fourth-order valence-corrected chi connectivity index (χ4v) is 2.97. The molecule has 7 nitrogen and oxygen atoms in total. The number of carbonyl (C=O) groups excluding carboxylic acids is 3. The molecule has 2 aliphatic heterocycles. The Hall–Kier alpha value is -2.09. The van der Waals surface area contributed by atoms with E-state index in [9.17, 15) is 14.4 Å². The van der Waals surface area contributed by atoms with E-state index >= 15 is 0 Å². The van der Waals surface area contributed by atoms with E-state index in [4.69, 9.17) is 4.74 Å². The summed E-state index contributed by atoms with van der Waals surface area (Å²) in [5, 5.41) is 2.69. The van der Waals surface area contributed by atoms with Crippen LogP contribution in [-0.4, -0.2) is 41.7 Å². The molecule has 2 amide bonds. The molecule has 1 atom stereocenters. The number of thioether (sulfide) groups is 1. The van der Waals surface area contributed by atoms with Gasteiger partial charge in [0.2, 0.25) is 5.91 Å². The number of hydrogen-bond acceptors (Lipinski definition) is 6. The number of anilines is 2. The van der Waals surface area contributed by atoms with Gasteiger partial charge in [-0.15, -0.1) is 11.8 Å². The number of rotatable bonds is 4. The number of nitrogens with zero attached hydrogens (tertiary/aromatic N) is 2. The van der Waals surface area contributed by atoms with Crippen LogP contribution >= 0.6 is 11.8 Å². The van der Waals surface area contributed by atoms with Gasteiger partial charge in [-0.25, -0.2) is 9.78 Å². The molecule has 110 valence electrons. The highest BCUT2D eigenvalue weighted by atomic mass is 32.2. The van der Waals surface area contributed by atoms with Crippen molar-refractivity contribution in [1.29, 1.82) is 0 Å². The third-order valence-electron chi connectivity index (χ3n) is 3.22. The topological polar surface area (TPSA) is 88.6 Å². The largest absolute Gasteiger partial charge is 0.444 e. The van der Waals surface area contributed by atoms with Gasteiger partial charge in [-0.1, -0.05) is 0 Å². The van der Waals surface area contributed by atoms with Crippen LogP contribution < -0.4 is 10.2 Å². The van der Waals surface area contributed by atoms with Crippen LogP contribution in [0.3, 0.4) is 0 Å². The average molecular weight is 307 g/mol. The molecule has 1 aromatic heterocycles. The van der Waals surface area contributed by atoms with Gasteiger partial charge in [0.1, 0.15) is 24.0 Å². The minimum atomic E-state index is -0.479. The number of aromatic nitrogens is 1. The first-order valence-corrected chi connectivity index (χ1v) is 7.51. The van der Waals surface area contributed by atoms with Crippen molar-refractivity contribution in [2.24, 2.45) is 0 Å². The molecule has 0 radical (unpaired) electrons. The lowest BCUT2D eigenvalue weighted by Gasteiger charge is -2.18. The maximum atomic E-state index is 11.9. The Morgan fingerprint density at radius 3 is 3.14 bits per heavy atom. The van der Waals surface area contributed by atoms with Crippen molar-refractivity contribution in [2.75, 3.05) is 22.5 Å². The van der Waals surface area contributed by atoms with Crippen molar-refractivity contribution < 1.29 is 19.1 Å². The van der Waals surface area contributed by atoms with Crippen LogP contribution in [-0.2, 0) is 14.3 Å². The fraction of sp³-hybridized carbons (Fsp3) is 0.385. The molecule has 1 aromatic rings. The molecular formula is C13H13N3O4S. The van der Waals surface area contributed by atoms with Gasteiger partial charge in [0.05, 0.1) is 17.2 Å². The van der Waals surface area contributed by atoms with Crippen LogP contribution in [0.1, 0.15) is 12.8 Å². The first-order valence-electron chi connectivity index (χ1n) is 6.53. The molecule has 1 N–H and O–H groups in total. The number of fused-ring (bicyclic) bond motifs is 1. The summed E-state index contributed by atoms with van der Waals surface area (Å²) in [6, 6.07) is 3.56. The first kappa shape index (κ1) is 13.9. The van der Waals surface area contributed by atoms with E-state index < -0.39 is 6.09 Å². The van der Waals surface area contributed by atoms with Crippen LogP contribution in [0.15, 0.2) is 17.0 Å². The quantitative estimate of drug-likeness (QED) is 0.847. The van der Waals surface area contributed by atoms with Crippen LogP contribution in [0, 0.1) is 0 Å². The lowest BCUT2D eigenvalue weighted by Crippen LogP contribution is -2.27. The van der Waals surface area contributed by atoms with Gasteiger partial charge < -0.3 is 14.8 Å². The van der Waals surface area contributed by atoms with Crippen molar-refractivity contribution in [2.45, 2.75) is 23.8 Å². The summed E-state index contributed by atoms with van der Waals surface area (Å²) in [4.78, 5) is 40.2. The molecule has 0 spiro atoms. The molecule has 0 bridgehead atoms. The van der Waals surface area contributed by atoms with Gasteiger partial charge in [0.15, 0.2) is 0 Å². The first-order chi connectivity index (χ1) is 10.2. The normalized spacial score (nSPS) is 20.8. The molecule has 0 saturated carbocycles. The van der Waals surface area contributed by atoms with Gasteiger partial charge in [-0.3, -0.25) is 9.69 Å². The smallest absolute Gasteiger partial charge is 0.415 e. The maximum absolute atomic E-state index is 11.9. The van der Waals surface area contributed by atoms with E-state index in [2.05, 4.69) is 10.3 Å². The highest BCUT2D eigenvalue weighted by molar-refractivity contribution is 8.00. The Morgan fingerprint density at radius 2 is 2.33 bits per heavy atom. The Balaban J connectivity index is 1.78. The molecule has 2 aliphatic rings. The van der Waals surface area contributed by atoms with Crippen molar-refractivity contribution in [3.05, 3.63) is 12.1 Å². The molecule has 1 saturated heterocycles. The highest BCUT2D eigenvalue weighted by Crippen LogP contribution is 2.32. The van der Waals surface area contributed by atoms with E-state index in [1.807, 2.05) is 6.07 Å². The van der Waals surface area contributed by atoms with Gasteiger partial charge in [0.25, 0.3) is 0 Å². The molecule has 8 heteroatoms. The Bertz CT molecular complexity index is 607. The Morgan fingerprint density at radius 1 is 1.48 bits per heavy atom. The van der Waals surface area contributed by atoms with Crippen molar-refractivity contribution in [1.82, 2.24) is 4.98 Å². The molecule has 1 unspecified atom stereocenters. The summed E-state index contributed by atoms with van der Waals surface area (Å²) in [7, 11) is 0. The predicted molar refractivity (Wildman–Crippen MR) is 76.5 cm³/mol. The SMILES string of the molecule is O=CCCC1CN(c2ccc3c(n2)NC(=O)CS3)C(=O)O1. The Kier molecular flexibility index (Phi) is 3.78. The second-order valence-corrected chi connectivity index (χ2v) is 5.73. The summed E-state index contributed by atoms with van der Waals surface area (Å²) >= 11 is 1.41. The second kappa shape index (κ2) is 5.72. The van der Waals surface area contributed by atoms with Crippen LogP contribution in [0.25, 0.3) is 0 Å². The molecular weight excluding hydrogens is 294 g/mol. The van der Waals surface area contributed by atoms with Gasteiger partial charge in [-0.05, 0) is 18.6 Å². The monoisotopic (exact) mass is 307 g/mol. The van der Waals surface area contributed by atoms with Crippen LogP contribution in [0.2, 0.25) is 0 Å². The maximum Gasteiger partial charge on any atom is 0.415 e. The second-order valence-electron chi connectivity index (χ2n) is 4.71. The third kappa shape index (κ3) is 2.85. The highest BCUT2D eigenvalue weighted by Gasteiger charge is 2.33. The predicted octanol–water partition coefficient (Wildman–Crippen LogP) is 1.43. The molecule has 21 heavy (non-hydrogen) atoms. The zero-order valence-electron chi connectivity index (χ0n) is 11.1. The number of cyclic esters (lactones) is 1. The minimum Gasteiger partial charge on any atom is -0.444 e. The standard InChI is InChI=1S/C13H13N3O4S/c17-5-1-2-8-6-16(13(19)20-8)10-4-3-9-12(14-10)15-11(18)7-21-9/h3-5,8H,1-2,6-7H2,(H,14,15,18). The zero-order valence-corrected chi connectivity index (χ0v) is 11.9. The van der Waals surface area contributed by atoms with Crippen LogP contribution in [0.5, 0.6) is 0 Å². The number of aldehydes is 1. The summed E-state index contributed by atoms with van der Waals surface area (Å²) in [5.41, 5.74) is 0. The number of hydrogen-bond donors (Lipinski definition) is 1. The number of nitrogens with one attached hydrogen (secondary N) is 1. The van der Waals surface area contributed by atoms with Crippen molar-refractivity contribution in [3.8, 4) is 0 Å². The third-order valence-corrected chi connectivity index (χ3v) is 4.26. The zero-order chi connectivity index (χ0) is 14.8. The summed E-state index contributed by atoms with van der Waals surface area (Å²) in [5.74, 6) is 1.17. The van der Waals surface area contributed by atoms with E-state index in [0.29, 0.717) is 36.8 Å².